The molecule has 0 atom stereocenters. The zero-order valence-electron chi connectivity index (χ0n) is 12.5. The summed E-state index contributed by atoms with van der Waals surface area (Å²) in [5.41, 5.74) is 1.52. The number of hydrogen-bond acceptors (Lipinski definition) is 4. The van der Waals surface area contributed by atoms with Gasteiger partial charge in [-0.25, -0.2) is 9.78 Å². The van der Waals surface area contributed by atoms with E-state index < -0.39 is 14.0 Å². The molecule has 2 aromatic rings. The highest BCUT2D eigenvalue weighted by atomic mass is 32.1. The van der Waals surface area contributed by atoms with Gasteiger partial charge in [0.1, 0.15) is 10.7 Å². The van der Waals surface area contributed by atoms with Crippen LogP contribution in [0.1, 0.15) is 15.2 Å². The molecule has 0 saturated carbocycles. The number of aromatic carboxylic acids is 1. The van der Waals surface area contributed by atoms with Crippen molar-refractivity contribution in [1.82, 2.24) is 9.97 Å². The predicted molar refractivity (Wildman–Crippen MR) is 86.7 cm³/mol. The second-order valence-electron chi connectivity index (χ2n) is 6.06. The zero-order valence-corrected chi connectivity index (χ0v) is 14.3. The van der Waals surface area contributed by atoms with Crippen LogP contribution in [0.15, 0.2) is 17.8 Å². The summed E-state index contributed by atoms with van der Waals surface area (Å²) >= 11 is 1.22. The van der Waals surface area contributed by atoms with Crippen molar-refractivity contribution in [3.63, 3.8) is 0 Å². The number of thiophene rings is 1. The Morgan fingerprint density at radius 1 is 1.48 bits per heavy atom. The van der Waals surface area contributed by atoms with Gasteiger partial charge in [0.05, 0.1) is 6.61 Å². The molecule has 2 aromatic heterocycles. The average molecular weight is 324 g/mol. The Hall–Kier alpha value is -1.44. The third kappa shape index (κ3) is 4.26. The van der Waals surface area contributed by atoms with Gasteiger partial charge >= 0.3 is 5.97 Å². The molecule has 0 radical (unpaired) electrons. The van der Waals surface area contributed by atoms with Gasteiger partial charge in [-0.1, -0.05) is 19.6 Å². The fourth-order valence-corrected chi connectivity index (χ4v) is 3.53. The number of nitrogens with one attached hydrogen (secondary N) is 1. The van der Waals surface area contributed by atoms with E-state index in [9.17, 15) is 9.90 Å². The van der Waals surface area contributed by atoms with E-state index in [1.165, 1.54) is 11.3 Å². The van der Waals surface area contributed by atoms with Crippen LogP contribution in [-0.2, 0) is 11.3 Å². The van der Waals surface area contributed by atoms with Crippen molar-refractivity contribution < 1.29 is 14.6 Å². The van der Waals surface area contributed by atoms with E-state index in [2.05, 4.69) is 29.6 Å². The van der Waals surface area contributed by atoms with Gasteiger partial charge in [-0.15, -0.1) is 11.3 Å². The molecule has 7 heteroatoms. The number of carboxylic acid groups (broad SMARTS) is 1. The lowest BCUT2D eigenvalue weighted by Crippen LogP contribution is -2.21. The molecule has 2 N–H and O–H groups in total. The molecule has 0 spiro atoms. The van der Waals surface area contributed by atoms with Crippen molar-refractivity contribution in [3.05, 3.63) is 28.2 Å². The molecule has 0 aliphatic heterocycles. The van der Waals surface area contributed by atoms with E-state index in [0.717, 1.165) is 11.6 Å². The summed E-state index contributed by atoms with van der Waals surface area (Å²) in [6.07, 6.45) is 3.38. The number of nitrogens with zero attached hydrogens (tertiary/aromatic N) is 1. The van der Waals surface area contributed by atoms with Crippen LogP contribution in [0.3, 0.4) is 0 Å². The molecule has 0 bridgehead atoms. The average Bonchev–Trinajstić information content (AvgIpc) is 3.01. The van der Waals surface area contributed by atoms with Gasteiger partial charge < -0.3 is 14.8 Å². The Balaban J connectivity index is 2.13. The third-order valence-corrected chi connectivity index (χ3v) is 5.80. The van der Waals surface area contributed by atoms with E-state index in [0.29, 0.717) is 29.5 Å². The smallest absolute Gasteiger partial charge is 0.346 e. The van der Waals surface area contributed by atoms with Crippen molar-refractivity contribution >= 4 is 25.4 Å². The summed E-state index contributed by atoms with van der Waals surface area (Å²) in [5.74, 6) is -0.232. The van der Waals surface area contributed by atoms with Crippen LogP contribution in [0.5, 0.6) is 0 Å². The maximum Gasteiger partial charge on any atom is 0.346 e. The maximum absolute atomic E-state index is 11.3. The predicted octanol–water partition coefficient (Wildman–Crippen LogP) is 3.69. The molecular formula is C14H20N2O3SSi. The van der Waals surface area contributed by atoms with Crippen molar-refractivity contribution in [1.29, 1.82) is 0 Å². The number of carboxylic acids is 1. The summed E-state index contributed by atoms with van der Waals surface area (Å²) in [5, 5.41) is 11.1. The van der Waals surface area contributed by atoms with Gasteiger partial charge in [0.25, 0.3) is 0 Å². The topological polar surface area (TPSA) is 75.2 Å². The highest BCUT2D eigenvalue weighted by Crippen LogP contribution is 2.30. The van der Waals surface area contributed by atoms with Crippen molar-refractivity contribution in [2.24, 2.45) is 0 Å². The standard InChI is InChI=1S/C14H20N2O3SSi/c1-21(2,3)7-6-19-8-10-11(13-15-4-5-16-13)9-20-12(10)14(17)18/h4-5,9H,6-8H2,1-3H3,(H,15,16)(H,17,18). The number of H-pyrrole nitrogens is 1. The molecule has 0 amide bonds. The molecule has 0 aliphatic carbocycles. The van der Waals surface area contributed by atoms with Crippen LogP contribution in [0.25, 0.3) is 11.4 Å². The first-order chi connectivity index (χ1) is 9.88. The van der Waals surface area contributed by atoms with Gasteiger partial charge in [0.15, 0.2) is 0 Å². The minimum Gasteiger partial charge on any atom is -0.477 e. The molecule has 2 heterocycles. The molecule has 21 heavy (non-hydrogen) atoms. The molecule has 5 nitrogen and oxygen atoms in total. The quantitative estimate of drug-likeness (QED) is 0.601. The maximum atomic E-state index is 11.3. The number of ether oxygens (including phenoxy) is 1. The largest absolute Gasteiger partial charge is 0.477 e. The lowest BCUT2D eigenvalue weighted by molar-refractivity contribution is 0.0695. The summed E-state index contributed by atoms with van der Waals surface area (Å²) < 4.78 is 5.72. The molecule has 0 unspecified atom stereocenters. The number of carbonyl (C=O) groups is 1. The first kappa shape index (κ1) is 15.9. The van der Waals surface area contributed by atoms with Gasteiger partial charge in [0, 0.05) is 43.6 Å². The van der Waals surface area contributed by atoms with Gasteiger partial charge in [-0.3, -0.25) is 0 Å². The zero-order chi connectivity index (χ0) is 15.5. The van der Waals surface area contributed by atoms with E-state index in [4.69, 9.17) is 4.74 Å². The van der Waals surface area contributed by atoms with Crippen LogP contribution in [-0.4, -0.2) is 35.7 Å². The first-order valence-corrected chi connectivity index (χ1v) is 11.4. The number of imidazole rings is 1. The number of hydrogen-bond donors (Lipinski definition) is 2. The number of aromatic nitrogens is 2. The Kier molecular flexibility index (Phi) is 4.97. The van der Waals surface area contributed by atoms with Crippen molar-refractivity contribution in [3.8, 4) is 11.4 Å². The molecule has 0 aliphatic rings. The highest BCUT2D eigenvalue weighted by Gasteiger charge is 2.20. The summed E-state index contributed by atoms with van der Waals surface area (Å²) in [6.45, 7) is 7.85. The van der Waals surface area contributed by atoms with Crippen LogP contribution in [0.4, 0.5) is 0 Å². The third-order valence-electron chi connectivity index (χ3n) is 3.08. The molecule has 0 fully saturated rings. The summed E-state index contributed by atoms with van der Waals surface area (Å²) in [6, 6.07) is 1.07. The van der Waals surface area contributed by atoms with Crippen LogP contribution in [0.2, 0.25) is 25.7 Å². The second kappa shape index (κ2) is 6.55. The Morgan fingerprint density at radius 2 is 2.24 bits per heavy atom. The second-order valence-corrected chi connectivity index (χ2v) is 12.6. The molecule has 0 aromatic carbocycles. The fraction of sp³-hybridized carbons (Fsp3) is 0.429. The Labute approximate surface area is 129 Å². The molecule has 114 valence electrons. The first-order valence-electron chi connectivity index (χ1n) is 6.79. The molecule has 0 saturated heterocycles. The van der Waals surface area contributed by atoms with Crippen LogP contribution >= 0.6 is 11.3 Å². The highest BCUT2D eigenvalue weighted by molar-refractivity contribution is 7.12. The van der Waals surface area contributed by atoms with E-state index in [1.54, 1.807) is 12.4 Å². The number of rotatable bonds is 7. The van der Waals surface area contributed by atoms with E-state index in [-0.39, 0.29) is 0 Å². The molecular weight excluding hydrogens is 304 g/mol. The normalized spacial score (nSPS) is 11.8. The minimum atomic E-state index is -1.14. The Bertz CT molecular complexity index is 602. The minimum absolute atomic E-state index is 0.311. The van der Waals surface area contributed by atoms with Crippen molar-refractivity contribution in [2.75, 3.05) is 6.61 Å². The monoisotopic (exact) mass is 324 g/mol. The lowest BCUT2D eigenvalue weighted by atomic mass is 10.1. The van der Waals surface area contributed by atoms with Gasteiger partial charge in [-0.05, 0) is 6.04 Å². The van der Waals surface area contributed by atoms with E-state index >= 15 is 0 Å². The SMILES string of the molecule is C[Si](C)(C)CCOCc1c(-c2ncc[nH]2)csc1C(=O)O. The van der Waals surface area contributed by atoms with Gasteiger partial charge in [0.2, 0.25) is 0 Å². The van der Waals surface area contributed by atoms with Gasteiger partial charge in [-0.2, -0.15) is 0 Å². The summed E-state index contributed by atoms with van der Waals surface area (Å²) in [4.78, 5) is 18.9. The van der Waals surface area contributed by atoms with Crippen LogP contribution in [0, 0.1) is 0 Å². The fourth-order valence-electron chi connectivity index (χ4n) is 1.87. The molecule has 2 rings (SSSR count). The Morgan fingerprint density at radius 3 is 2.81 bits per heavy atom. The summed E-state index contributed by atoms with van der Waals surface area (Å²) in [7, 11) is -1.14. The van der Waals surface area contributed by atoms with Crippen LogP contribution < -0.4 is 0 Å². The van der Waals surface area contributed by atoms with Crippen molar-refractivity contribution in [2.45, 2.75) is 32.3 Å². The number of aromatic amines is 1. The van der Waals surface area contributed by atoms with E-state index in [1.807, 2.05) is 5.38 Å². The lowest BCUT2D eigenvalue weighted by Gasteiger charge is -2.15.